The van der Waals surface area contributed by atoms with Gasteiger partial charge in [0.05, 0.1) is 5.56 Å². The standard InChI is InChI=1S/C23H17F3N4O3/c24-23(25,26)15-8-7-13-10-17(21(32)28-18(13)11-15)22-29-19(30-33-22)14-5-2-6-16(9-14)27-20(31)12-3-1-4-12/h2,5-12H,1,3-4H2,(H,27,31)(H,28,32). The van der Waals surface area contributed by atoms with Crippen molar-refractivity contribution >= 4 is 22.5 Å². The van der Waals surface area contributed by atoms with Gasteiger partial charge in [-0.25, -0.2) is 0 Å². The van der Waals surface area contributed by atoms with Gasteiger partial charge in [-0.3, -0.25) is 9.59 Å². The van der Waals surface area contributed by atoms with Crippen LogP contribution in [0.5, 0.6) is 0 Å². The van der Waals surface area contributed by atoms with Crippen LogP contribution in [0.3, 0.4) is 0 Å². The third-order valence-electron chi connectivity index (χ3n) is 5.69. The summed E-state index contributed by atoms with van der Waals surface area (Å²) >= 11 is 0. The molecular formula is C23H17F3N4O3. The minimum Gasteiger partial charge on any atom is -0.333 e. The number of carbonyl (C=O) groups excluding carboxylic acids is 1. The number of pyridine rings is 1. The number of rotatable bonds is 4. The van der Waals surface area contributed by atoms with Gasteiger partial charge in [0.15, 0.2) is 0 Å². The first kappa shape index (κ1) is 20.9. The largest absolute Gasteiger partial charge is 0.416 e. The Morgan fingerprint density at radius 1 is 1.12 bits per heavy atom. The Balaban J connectivity index is 1.43. The molecule has 1 aliphatic rings. The number of nitrogens with one attached hydrogen (secondary N) is 2. The average molecular weight is 454 g/mol. The van der Waals surface area contributed by atoms with Crippen LogP contribution >= 0.6 is 0 Å². The van der Waals surface area contributed by atoms with Gasteiger partial charge in [0.1, 0.15) is 5.56 Å². The second-order valence-corrected chi connectivity index (χ2v) is 7.93. The van der Waals surface area contributed by atoms with Crippen molar-refractivity contribution in [2.24, 2.45) is 5.92 Å². The summed E-state index contributed by atoms with van der Waals surface area (Å²) in [4.78, 5) is 31.4. The van der Waals surface area contributed by atoms with Crippen molar-refractivity contribution in [1.29, 1.82) is 0 Å². The van der Waals surface area contributed by atoms with Crippen molar-refractivity contribution < 1.29 is 22.5 Å². The van der Waals surface area contributed by atoms with Crippen molar-refractivity contribution in [2.75, 3.05) is 5.32 Å². The summed E-state index contributed by atoms with van der Waals surface area (Å²) in [5.74, 6) is 0.148. The predicted molar refractivity (Wildman–Crippen MR) is 114 cm³/mol. The maximum Gasteiger partial charge on any atom is 0.416 e. The second-order valence-electron chi connectivity index (χ2n) is 7.93. The zero-order chi connectivity index (χ0) is 23.2. The molecule has 0 saturated heterocycles. The van der Waals surface area contributed by atoms with Gasteiger partial charge in [0.25, 0.3) is 11.4 Å². The summed E-state index contributed by atoms with van der Waals surface area (Å²) in [6.07, 6.45) is -1.69. The van der Waals surface area contributed by atoms with E-state index >= 15 is 0 Å². The number of H-pyrrole nitrogens is 1. The van der Waals surface area contributed by atoms with Crippen molar-refractivity contribution in [2.45, 2.75) is 25.4 Å². The molecule has 2 N–H and O–H groups in total. The van der Waals surface area contributed by atoms with Crippen molar-refractivity contribution in [3.63, 3.8) is 0 Å². The number of anilines is 1. The maximum absolute atomic E-state index is 12.9. The third kappa shape index (κ3) is 4.11. The van der Waals surface area contributed by atoms with Crippen LogP contribution in [0.15, 0.2) is 57.8 Å². The second kappa shape index (κ2) is 7.88. The summed E-state index contributed by atoms with van der Waals surface area (Å²) in [6.45, 7) is 0. The molecule has 0 atom stereocenters. The Labute approximate surface area is 184 Å². The molecule has 0 spiro atoms. The van der Waals surface area contributed by atoms with Gasteiger partial charge in [0, 0.05) is 22.7 Å². The van der Waals surface area contributed by atoms with Gasteiger partial charge in [-0.2, -0.15) is 18.2 Å². The highest BCUT2D eigenvalue weighted by Gasteiger charge is 2.30. The number of hydrogen-bond acceptors (Lipinski definition) is 5. The quantitative estimate of drug-likeness (QED) is 0.452. The number of aromatic nitrogens is 3. The van der Waals surface area contributed by atoms with E-state index in [0.717, 1.165) is 31.4 Å². The molecule has 7 nitrogen and oxygen atoms in total. The highest BCUT2D eigenvalue weighted by Crippen LogP contribution is 2.32. The fourth-order valence-electron chi connectivity index (χ4n) is 3.64. The smallest absolute Gasteiger partial charge is 0.333 e. The monoisotopic (exact) mass is 454 g/mol. The minimum atomic E-state index is -4.52. The molecule has 0 aliphatic heterocycles. The third-order valence-corrected chi connectivity index (χ3v) is 5.69. The van der Waals surface area contributed by atoms with Gasteiger partial charge in [-0.15, -0.1) is 0 Å². The molecule has 5 rings (SSSR count). The summed E-state index contributed by atoms with van der Waals surface area (Å²) in [5.41, 5.74) is -0.256. The zero-order valence-electron chi connectivity index (χ0n) is 17.1. The molecule has 0 bridgehead atoms. The lowest BCUT2D eigenvalue weighted by atomic mass is 9.85. The number of halogens is 3. The van der Waals surface area contributed by atoms with Crippen LogP contribution in [-0.2, 0) is 11.0 Å². The summed E-state index contributed by atoms with van der Waals surface area (Å²) in [5, 5.41) is 7.18. The first-order chi connectivity index (χ1) is 15.8. The van der Waals surface area contributed by atoms with Crippen LogP contribution in [0.2, 0.25) is 0 Å². The van der Waals surface area contributed by atoms with Gasteiger partial charge in [-0.05, 0) is 48.6 Å². The van der Waals surface area contributed by atoms with Crippen LogP contribution in [0.25, 0.3) is 33.7 Å². The lowest BCUT2D eigenvalue weighted by molar-refractivity contribution is -0.137. The van der Waals surface area contributed by atoms with Gasteiger partial charge in [-0.1, -0.05) is 29.8 Å². The van der Waals surface area contributed by atoms with Crippen molar-refractivity contribution in [3.8, 4) is 22.8 Å². The van der Waals surface area contributed by atoms with E-state index in [4.69, 9.17) is 4.52 Å². The molecule has 1 amide bonds. The predicted octanol–water partition coefficient (Wildman–Crippen LogP) is 5.00. The number of carbonyl (C=O) groups is 1. The first-order valence-corrected chi connectivity index (χ1v) is 10.3. The van der Waals surface area contributed by atoms with E-state index in [9.17, 15) is 22.8 Å². The molecule has 33 heavy (non-hydrogen) atoms. The van der Waals surface area contributed by atoms with Crippen LogP contribution < -0.4 is 10.9 Å². The molecule has 2 aromatic carbocycles. The van der Waals surface area contributed by atoms with Gasteiger partial charge in [0.2, 0.25) is 11.7 Å². The fourth-order valence-corrected chi connectivity index (χ4v) is 3.64. The molecule has 2 aromatic heterocycles. The number of fused-ring (bicyclic) bond motifs is 1. The number of benzene rings is 2. The number of alkyl halides is 3. The van der Waals surface area contributed by atoms with Gasteiger partial charge >= 0.3 is 6.18 Å². The zero-order valence-corrected chi connectivity index (χ0v) is 17.1. The molecule has 2 heterocycles. The van der Waals surface area contributed by atoms with Crippen LogP contribution in [0, 0.1) is 5.92 Å². The minimum absolute atomic E-state index is 0.0245. The lowest BCUT2D eigenvalue weighted by Crippen LogP contribution is -2.27. The van der Waals surface area contributed by atoms with E-state index < -0.39 is 17.3 Å². The molecule has 10 heteroatoms. The fraction of sp³-hybridized carbons (Fsp3) is 0.217. The lowest BCUT2D eigenvalue weighted by Gasteiger charge is -2.24. The summed E-state index contributed by atoms with van der Waals surface area (Å²) in [6, 6.07) is 11.4. The van der Waals surface area contributed by atoms with E-state index in [1.54, 1.807) is 24.3 Å². The number of nitrogens with zero attached hydrogens (tertiary/aromatic N) is 2. The average Bonchev–Trinajstić information content (AvgIpc) is 3.21. The highest BCUT2D eigenvalue weighted by atomic mass is 19.4. The Morgan fingerprint density at radius 3 is 2.67 bits per heavy atom. The maximum atomic E-state index is 12.9. The molecule has 1 fully saturated rings. The van der Waals surface area contributed by atoms with Crippen LogP contribution in [-0.4, -0.2) is 21.0 Å². The van der Waals surface area contributed by atoms with E-state index in [2.05, 4.69) is 20.4 Å². The van der Waals surface area contributed by atoms with E-state index in [1.807, 2.05) is 0 Å². The van der Waals surface area contributed by atoms with Crippen molar-refractivity contribution in [1.82, 2.24) is 15.1 Å². The topological polar surface area (TPSA) is 101 Å². The molecule has 1 aliphatic carbocycles. The molecule has 0 radical (unpaired) electrons. The molecule has 1 saturated carbocycles. The van der Waals surface area contributed by atoms with E-state index in [-0.39, 0.29) is 34.6 Å². The van der Waals surface area contributed by atoms with Gasteiger partial charge < -0.3 is 14.8 Å². The first-order valence-electron chi connectivity index (χ1n) is 10.3. The number of aromatic amines is 1. The number of amides is 1. The Morgan fingerprint density at radius 2 is 1.94 bits per heavy atom. The molecule has 168 valence electrons. The summed E-state index contributed by atoms with van der Waals surface area (Å²) < 4.78 is 44.1. The van der Waals surface area contributed by atoms with Crippen LogP contribution in [0.4, 0.5) is 18.9 Å². The SMILES string of the molecule is O=C(Nc1cccc(-c2noc(-c3cc4ccc(C(F)(F)F)cc4[nH]c3=O)n2)c1)C1CCC1. The Bertz CT molecular complexity index is 1420. The highest BCUT2D eigenvalue weighted by molar-refractivity contribution is 5.93. The molecular weight excluding hydrogens is 437 g/mol. The normalized spacial score (nSPS) is 14.3. The van der Waals surface area contributed by atoms with E-state index in [1.165, 1.54) is 12.1 Å². The Kier molecular flexibility index (Phi) is 4.99. The van der Waals surface area contributed by atoms with Crippen LogP contribution in [0.1, 0.15) is 24.8 Å². The Hall–Kier alpha value is -3.95. The van der Waals surface area contributed by atoms with E-state index in [0.29, 0.717) is 16.6 Å². The van der Waals surface area contributed by atoms with Crippen molar-refractivity contribution in [3.05, 3.63) is 64.4 Å². The summed E-state index contributed by atoms with van der Waals surface area (Å²) in [7, 11) is 0. The molecule has 4 aromatic rings. The molecule has 0 unspecified atom stereocenters. The number of hydrogen-bond donors (Lipinski definition) is 2.